The molecule has 1 aromatic carbocycles. The van der Waals surface area contributed by atoms with E-state index in [2.05, 4.69) is 54.4 Å². The summed E-state index contributed by atoms with van der Waals surface area (Å²) in [7, 11) is 0. The van der Waals surface area contributed by atoms with Crippen molar-refractivity contribution in [3.8, 4) is 0 Å². The molecule has 0 heterocycles. The first kappa shape index (κ1) is 15.1. The molecule has 0 aliphatic heterocycles. The van der Waals surface area contributed by atoms with Gasteiger partial charge in [-0.25, -0.2) is 0 Å². The van der Waals surface area contributed by atoms with Crippen molar-refractivity contribution in [3.05, 3.63) is 35.9 Å². The number of hydrogen-bond acceptors (Lipinski definition) is 2. The van der Waals surface area contributed by atoms with Crippen LogP contribution in [0.2, 0.25) is 0 Å². The van der Waals surface area contributed by atoms with Gasteiger partial charge in [0.2, 0.25) is 0 Å². The maximum Gasteiger partial charge on any atom is 0.0475 e. The molecule has 0 amide bonds. The Morgan fingerprint density at radius 1 is 1.10 bits per heavy atom. The first-order chi connectivity index (χ1) is 10.2. The molecule has 0 bridgehead atoms. The Hall–Kier alpha value is -0.860. The van der Waals surface area contributed by atoms with Gasteiger partial charge in [-0.05, 0) is 50.1 Å². The Bertz CT molecular complexity index is 420. The summed E-state index contributed by atoms with van der Waals surface area (Å²) >= 11 is 0. The molecule has 2 heteroatoms. The number of rotatable bonds is 9. The standard InChI is InChI=1S/C19H30N2/c1-15(2)12-13-21(18-10-11-18)19(14-20-17-8-9-17)16-6-4-3-5-7-16/h3-7,15,17-20H,8-14H2,1-2H3. The van der Waals surface area contributed by atoms with Gasteiger partial charge in [-0.15, -0.1) is 0 Å². The van der Waals surface area contributed by atoms with E-state index in [1.807, 2.05) is 0 Å². The van der Waals surface area contributed by atoms with Crippen LogP contribution in [-0.2, 0) is 0 Å². The third kappa shape index (κ3) is 4.55. The number of nitrogens with zero attached hydrogens (tertiary/aromatic N) is 1. The highest BCUT2D eigenvalue weighted by Crippen LogP contribution is 2.35. The Kier molecular flexibility index (Phi) is 4.97. The van der Waals surface area contributed by atoms with Crippen molar-refractivity contribution >= 4 is 0 Å². The van der Waals surface area contributed by atoms with E-state index < -0.39 is 0 Å². The quantitative estimate of drug-likeness (QED) is 0.738. The van der Waals surface area contributed by atoms with E-state index in [9.17, 15) is 0 Å². The van der Waals surface area contributed by atoms with Crippen molar-refractivity contribution in [2.75, 3.05) is 13.1 Å². The second-order valence-electron chi connectivity index (χ2n) is 7.26. The molecule has 2 nitrogen and oxygen atoms in total. The molecule has 0 saturated heterocycles. The summed E-state index contributed by atoms with van der Waals surface area (Å²) in [5, 5.41) is 3.76. The molecular formula is C19H30N2. The van der Waals surface area contributed by atoms with Crippen molar-refractivity contribution in [2.45, 2.75) is 64.1 Å². The van der Waals surface area contributed by atoms with E-state index in [1.165, 1.54) is 44.2 Å². The molecule has 1 atom stereocenters. The second kappa shape index (κ2) is 6.93. The monoisotopic (exact) mass is 286 g/mol. The SMILES string of the molecule is CC(C)CCN(C1CC1)C(CNC1CC1)c1ccccc1. The average molecular weight is 286 g/mol. The Morgan fingerprint density at radius 3 is 2.38 bits per heavy atom. The minimum Gasteiger partial charge on any atom is -0.312 e. The van der Waals surface area contributed by atoms with Gasteiger partial charge in [-0.2, -0.15) is 0 Å². The van der Waals surface area contributed by atoms with E-state index >= 15 is 0 Å². The van der Waals surface area contributed by atoms with Gasteiger partial charge in [0.25, 0.3) is 0 Å². The molecule has 2 aliphatic carbocycles. The Morgan fingerprint density at radius 2 is 1.81 bits per heavy atom. The van der Waals surface area contributed by atoms with E-state index in [0.29, 0.717) is 6.04 Å². The van der Waals surface area contributed by atoms with Crippen LogP contribution < -0.4 is 5.32 Å². The van der Waals surface area contributed by atoms with Gasteiger partial charge in [0.05, 0.1) is 0 Å². The van der Waals surface area contributed by atoms with Crippen molar-refractivity contribution < 1.29 is 0 Å². The van der Waals surface area contributed by atoms with E-state index in [1.54, 1.807) is 0 Å². The maximum atomic E-state index is 3.76. The van der Waals surface area contributed by atoms with Gasteiger partial charge in [0, 0.05) is 24.7 Å². The predicted molar refractivity (Wildman–Crippen MR) is 89.4 cm³/mol. The summed E-state index contributed by atoms with van der Waals surface area (Å²) in [6, 6.07) is 13.3. The van der Waals surface area contributed by atoms with Gasteiger partial charge in [-0.1, -0.05) is 44.2 Å². The van der Waals surface area contributed by atoms with Crippen LogP contribution in [0.5, 0.6) is 0 Å². The number of hydrogen-bond donors (Lipinski definition) is 1. The van der Waals surface area contributed by atoms with Crippen molar-refractivity contribution in [3.63, 3.8) is 0 Å². The lowest BCUT2D eigenvalue weighted by Gasteiger charge is -2.33. The largest absolute Gasteiger partial charge is 0.312 e. The highest BCUT2D eigenvalue weighted by molar-refractivity contribution is 5.20. The third-order valence-electron chi connectivity index (χ3n) is 4.74. The molecule has 116 valence electrons. The van der Waals surface area contributed by atoms with E-state index in [-0.39, 0.29) is 0 Å². The molecule has 2 fully saturated rings. The molecule has 2 saturated carbocycles. The third-order valence-corrected chi connectivity index (χ3v) is 4.74. The first-order valence-electron chi connectivity index (χ1n) is 8.78. The molecule has 1 aromatic rings. The summed E-state index contributed by atoms with van der Waals surface area (Å²) < 4.78 is 0. The number of nitrogens with one attached hydrogen (secondary N) is 1. The van der Waals surface area contributed by atoms with Gasteiger partial charge in [-0.3, -0.25) is 4.90 Å². The van der Waals surface area contributed by atoms with Gasteiger partial charge in [0.1, 0.15) is 0 Å². The summed E-state index contributed by atoms with van der Waals surface area (Å²) in [4.78, 5) is 2.78. The van der Waals surface area contributed by atoms with Crippen LogP contribution in [0.25, 0.3) is 0 Å². The molecule has 0 aromatic heterocycles. The van der Waals surface area contributed by atoms with Gasteiger partial charge in [0.15, 0.2) is 0 Å². The lowest BCUT2D eigenvalue weighted by molar-refractivity contribution is 0.172. The summed E-state index contributed by atoms with van der Waals surface area (Å²) in [5.74, 6) is 0.791. The Balaban J connectivity index is 1.70. The predicted octanol–water partition coefficient (Wildman–Crippen LogP) is 3.99. The molecule has 3 rings (SSSR count). The highest BCUT2D eigenvalue weighted by Gasteiger charge is 2.35. The van der Waals surface area contributed by atoms with Crippen molar-refractivity contribution in [1.82, 2.24) is 10.2 Å². The van der Waals surface area contributed by atoms with Crippen LogP contribution in [0.3, 0.4) is 0 Å². The fraction of sp³-hybridized carbons (Fsp3) is 0.684. The maximum absolute atomic E-state index is 3.76. The second-order valence-corrected chi connectivity index (χ2v) is 7.26. The minimum atomic E-state index is 0.554. The molecule has 1 unspecified atom stereocenters. The molecular weight excluding hydrogens is 256 g/mol. The highest BCUT2D eigenvalue weighted by atomic mass is 15.2. The Labute approximate surface area is 129 Å². The fourth-order valence-electron chi connectivity index (χ4n) is 3.07. The molecule has 2 aliphatic rings. The lowest BCUT2D eigenvalue weighted by Crippen LogP contribution is -2.39. The topological polar surface area (TPSA) is 15.3 Å². The fourth-order valence-corrected chi connectivity index (χ4v) is 3.07. The molecule has 0 spiro atoms. The van der Waals surface area contributed by atoms with Crippen LogP contribution in [0.4, 0.5) is 0 Å². The molecule has 0 radical (unpaired) electrons. The minimum absolute atomic E-state index is 0.554. The van der Waals surface area contributed by atoms with Crippen LogP contribution >= 0.6 is 0 Å². The normalized spacial score (nSPS) is 20.2. The van der Waals surface area contributed by atoms with Crippen molar-refractivity contribution in [1.29, 1.82) is 0 Å². The van der Waals surface area contributed by atoms with Crippen LogP contribution in [-0.4, -0.2) is 30.1 Å². The molecule has 21 heavy (non-hydrogen) atoms. The zero-order chi connectivity index (χ0) is 14.7. The zero-order valence-corrected chi connectivity index (χ0v) is 13.6. The van der Waals surface area contributed by atoms with Crippen LogP contribution in [0, 0.1) is 5.92 Å². The summed E-state index contributed by atoms with van der Waals surface area (Å²) in [6.07, 6.45) is 6.84. The lowest BCUT2D eigenvalue weighted by atomic mass is 10.0. The smallest absolute Gasteiger partial charge is 0.0475 e. The number of benzene rings is 1. The van der Waals surface area contributed by atoms with Crippen molar-refractivity contribution in [2.24, 2.45) is 5.92 Å². The van der Waals surface area contributed by atoms with E-state index in [4.69, 9.17) is 0 Å². The van der Waals surface area contributed by atoms with Gasteiger partial charge < -0.3 is 5.32 Å². The summed E-state index contributed by atoms with van der Waals surface area (Å²) in [5.41, 5.74) is 1.49. The van der Waals surface area contributed by atoms with E-state index in [0.717, 1.165) is 24.5 Å². The summed E-state index contributed by atoms with van der Waals surface area (Å²) in [6.45, 7) is 7.04. The van der Waals surface area contributed by atoms with Crippen LogP contribution in [0.15, 0.2) is 30.3 Å². The molecule has 1 N–H and O–H groups in total. The first-order valence-corrected chi connectivity index (χ1v) is 8.78. The van der Waals surface area contributed by atoms with Crippen LogP contribution in [0.1, 0.15) is 57.6 Å². The van der Waals surface area contributed by atoms with Gasteiger partial charge >= 0.3 is 0 Å². The average Bonchev–Trinajstić information content (AvgIpc) is 3.37. The zero-order valence-electron chi connectivity index (χ0n) is 13.6.